The third-order valence-electron chi connectivity index (χ3n) is 6.75. The molecule has 0 amide bonds. The van der Waals surface area contributed by atoms with Gasteiger partial charge in [-0.3, -0.25) is 5.10 Å². The minimum absolute atomic E-state index is 0.244. The van der Waals surface area contributed by atoms with Gasteiger partial charge >= 0.3 is 6.18 Å². The zero-order valence-electron chi connectivity index (χ0n) is 19.9. The summed E-state index contributed by atoms with van der Waals surface area (Å²) < 4.78 is 41.1. The number of halogens is 4. The Hall–Kier alpha value is -3.92. The van der Waals surface area contributed by atoms with Gasteiger partial charge in [0.25, 0.3) is 0 Å². The molecule has 6 rings (SSSR count). The van der Waals surface area contributed by atoms with Crippen LogP contribution in [0.5, 0.6) is 0 Å². The first-order valence-corrected chi connectivity index (χ1v) is 12.0. The van der Waals surface area contributed by atoms with Crippen LogP contribution in [-0.2, 0) is 19.1 Å². The molecule has 0 saturated carbocycles. The Morgan fingerprint density at radius 3 is 2.43 bits per heavy atom. The third-order valence-corrected chi connectivity index (χ3v) is 7.07. The standard InChI is InChI=1S/C26H21ClF3N7/c1-14-4-3-5-15(2)23(14)37-24(17-6-7-20(27)22-18(17)12-33-34-22)19-13-36(9-8-21(19)35-37)25-31-10-16(11-32-25)26(28,29)30/h3-7,10-12H,8-9,13H2,1-2H3,(H,33,34). The Balaban J connectivity index is 1.53. The number of nitrogens with zero attached hydrogens (tertiary/aromatic N) is 6. The molecule has 11 heteroatoms. The van der Waals surface area contributed by atoms with Gasteiger partial charge in [0.15, 0.2) is 0 Å². The highest BCUT2D eigenvalue weighted by molar-refractivity contribution is 6.35. The fourth-order valence-electron chi connectivity index (χ4n) is 4.96. The van der Waals surface area contributed by atoms with Crippen molar-refractivity contribution >= 4 is 28.5 Å². The predicted molar refractivity (Wildman–Crippen MR) is 135 cm³/mol. The fraction of sp³-hybridized carbons (Fsp3) is 0.231. The second-order valence-corrected chi connectivity index (χ2v) is 9.53. The largest absolute Gasteiger partial charge is 0.419 e. The van der Waals surface area contributed by atoms with Crippen LogP contribution in [0.15, 0.2) is 48.9 Å². The van der Waals surface area contributed by atoms with E-state index in [0.717, 1.165) is 62.6 Å². The molecule has 0 spiro atoms. The van der Waals surface area contributed by atoms with Crippen molar-refractivity contribution in [2.75, 3.05) is 11.4 Å². The number of hydrogen-bond donors (Lipinski definition) is 1. The molecule has 37 heavy (non-hydrogen) atoms. The molecule has 0 fully saturated rings. The van der Waals surface area contributed by atoms with E-state index in [1.54, 1.807) is 6.20 Å². The number of aromatic amines is 1. The smallest absolute Gasteiger partial charge is 0.336 e. The van der Waals surface area contributed by atoms with E-state index in [0.29, 0.717) is 24.5 Å². The Labute approximate surface area is 214 Å². The van der Waals surface area contributed by atoms with Gasteiger partial charge in [0.1, 0.15) is 0 Å². The molecule has 0 atom stereocenters. The van der Waals surface area contributed by atoms with Crippen LogP contribution in [0.1, 0.15) is 27.9 Å². The van der Waals surface area contributed by atoms with Gasteiger partial charge in [-0.05, 0) is 31.0 Å². The molecule has 0 radical (unpaired) electrons. The second kappa shape index (κ2) is 8.58. The van der Waals surface area contributed by atoms with E-state index in [-0.39, 0.29) is 5.95 Å². The van der Waals surface area contributed by atoms with E-state index >= 15 is 0 Å². The van der Waals surface area contributed by atoms with Crippen LogP contribution >= 0.6 is 11.6 Å². The number of aryl methyl sites for hydroxylation is 2. The highest BCUT2D eigenvalue weighted by atomic mass is 35.5. The summed E-state index contributed by atoms with van der Waals surface area (Å²) in [7, 11) is 0. The number of benzene rings is 2. The molecule has 3 aromatic heterocycles. The van der Waals surface area contributed by atoms with Gasteiger partial charge in [0.05, 0.1) is 39.4 Å². The molecule has 0 unspecified atom stereocenters. The summed E-state index contributed by atoms with van der Waals surface area (Å²) in [5, 5.41) is 13.6. The fourth-order valence-corrected chi connectivity index (χ4v) is 5.17. The topological polar surface area (TPSA) is 75.5 Å². The first-order chi connectivity index (χ1) is 17.7. The number of rotatable bonds is 3. The second-order valence-electron chi connectivity index (χ2n) is 9.12. The maximum atomic E-state index is 13.0. The van der Waals surface area contributed by atoms with Crippen LogP contribution in [0.3, 0.4) is 0 Å². The highest BCUT2D eigenvalue weighted by Gasteiger charge is 2.33. The van der Waals surface area contributed by atoms with Crippen molar-refractivity contribution in [2.45, 2.75) is 33.0 Å². The zero-order chi connectivity index (χ0) is 25.9. The quantitative estimate of drug-likeness (QED) is 0.311. The average molecular weight is 524 g/mol. The van der Waals surface area contributed by atoms with E-state index < -0.39 is 11.7 Å². The number of alkyl halides is 3. The minimum Gasteiger partial charge on any atom is -0.336 e. The number of nitrogens with one attached hydrogen (secondary N) is 1. The Morgan fingerprint density at radius 2 is 1.73 bits per heavy atom. The highest BCUT2D eigenvalue weighted by Crippen LogP contribution is 2.39. The van der Waals surface area contributed by atoms with Crippen molar-refractivity contribution < 1.29 is 13.2 Å². The van der Waals surface area contributed by atoms with Gasteiger partial charge in [-0.1, -0.05) is 35.9 Å². The number of H-pyrrole nitrogens is 1. The van der Waals surface area contributed by atoms with E-state index in [2.05, 4.69) is 20.2 Å². The van der Waals surface area contributed by atoms with E-state index in [9.17, 15) is 13.2 Å². The number of hydrogen-bond acceptors (Lipinski definition) is 5. The van der Waals surface area contributed by atoms with E-state index in [1.807, 2.05) is 53.8 Å². The summed E-state index contributed by atoms with van der Waals surface area (Å²) >= 11 is 6.43. The summed E-state index contributed by atoms with van der Waals surface area (Å²) in [6.45, 7) is 5.01. The molecule has 0 bridgehead atoms. The number of aromatic nitrogens is 6. The molecule has 1 N–H and O–H groups in total. The molecule has 4 heterocycles. The van der Waals surface area contributed by atoms with Crippen LogP contribution in [-0.4, -0.2) is 36.5 Å². The minimum atomic E-state index is -4.49. The lowest BCUT2D eigenvalue weighted by Gasteiger charge is -2.27. The molecule has 5 aromatic rings. The van der Waals surface area contributed by atoms with E-state index in [4.69, 9.17) is 16.7 Å². The Morgan fingerprint density at radius 1 is 1.00 bits per heavy atom. The monoisotopic (exact) mass is 523 g/mol. The average Bonchev–Trinajstić information content (AvgIpc) is 3.50. The van der Waals surface area contributed by atoms with Gasteiger partial charge in [-0.2, -0.15) is 23.4 Å². The van der Waals surface area contributed by atoms with Crippen molar-refractivity contribution in [3.8, 4) is 16.9 Å². The molecule has 0 aliphatic carbocycles. The summed E-state index contributed by atoms with van der Waals surface area (Å²) in [4.78, 5) is 9.93. The normalized spacial score (nSPS) is 13.8. The van der Waals surface area contributed by atoms with Crippen LogP contribution in [0.4, 0.5) is 19.1 Å². The maximum Gasteiger partial charge on any atom is 0.419 e. The summed E-state index contributed by atoms with van der Waals surface area (Å²) in [6.07, 6.45) is -0.505. The Bertz CT molecular complexity index is 1620. The number of para-hydroxylation sites is 1. The summed E-state index contributed by atoms with van der Waals surface area (Å²) in [5.74, 6) is 0.244. The molecule has 1 aliphatic rings. The van der Waals surface area contributed by atoms with E-state index in [1.165, 1.54) is 0 Å². The lowest BCUT2D eigenvalue weighted by molar-refractivity contribution is -0.138. The Kier molecular flexibility index (Phi) is 5.45. The van der Waals surface area contributed by atoms with Gasteiger partial charge in [-0.15, -0.1) is 0 Å². The maximum absolute atomic E-state index is 13.0. The molecule has 2 aromatic carbocycles. The first-order valence-electron chi connectivity index (χ1n) is 11.7. The van der Waals surface area contributed by atoms with Crippen molar-refractivity contribution in [3.63, 3.8) is 0 Å². The number of fused-ring (bicyclic) bond motifs is 2. The van der Waals surface area contributed by atoms with Crippen LogP contribution in [0.2, 0.25) is 5.02 Å². The van der Waals surface area contributed by atoms with Crippen molar-refractivity contribution in [2.24, 2.45) is 0 Å². The van der Waals surface area contributed by atoms with Crippen molar-refractivity contribution in [1.29, 1.82) is 0 Å². The van der Waals surface area contributed by atoms with Crippen LogP contribution < -0.4 is 4.90 Å². The van der Waals surface area contributed by atoms with Crippen LogP contribution in [0.25, 0.3) is 27.8 Å². The first kappa shape index (κ1) is 23.5. The SMILES string of the molecule is Cc1cccc(C)c1-n1nc2c(c1-c1ccc(Cl)c3[nH]ncc13)CN(c1ncc(C(F)(F)F)cn1)CC2. The van der Waals surface area contributed by atoms with Gasteiger partial charge in [0.2, 0.25) is 5.95 Å². The molecule has 0 saturated heterocycles. The van der Waals surface area contributed by atoms with Crippen molar-refractivity contribution in [1.82, 2.24) is 29.9 Å². The third kappa shape index (κ3) is 3.92. The van der Waals surface area contributed by atoms with Crippen molar-refractivity contribution in [3.05, 3.63) is 81.9 Å². The molecule has 188 valence electrons. The van der Waals surface area contributed by atoms with Crippen LogP contribution in [0, 0.1) is 13.8 Å². The molecular formula is C26H21ClF3N7. The molecule has 1 aliphatic heterocycles. The molecule has 7 nitrogen and oxygen atoms in total. The summed E-state index contributed by atoms with van der Waals surface area (Å²) in [6, 6.07) is 9.88. The van der Waals surface area contributed by atoms with Gasteiger partial charge in [-0.25, -0.2) is 14.6 Å². The lowest BCUT2D eigenvalue weighted by Crippen LogP contribution is -2.31. The number of anilines is 1. The summed E-state index contributed by atoms with van der Waals surface area (Å²) in [5.41, 5.74) is 6.64. The zero-order valence-corrected chi connectivity index (χ0v) is 20.7. The van der Waals surface area contributed by atoms with Gasteiger partial charge in [0, 0.05) is 48.4 Å². The lowest BCUT2D eigenvalue weighted by atomic mass is 9.98. The molecular weight excluding hydrogens is 503 g/mol. The van der Waals surface area contributed by atoms with Gasteiger partial charge < -0.3 is 4.90 Å². The predicted octanol–water partition coefficient (Wildman–Crippen LogP) is 6.06.